The second-order valence-corrected chi connectivity index (χ2v) is 6.01. The van der Waals surface area contributed by atoms with Gasteiger partial charge in [0.15, 0.2) is 5.82 Å². The SMILES string of the molecule is CC(C)c1ccc(-c2nc(Cl)c3c(Cl)cccc3n2)cc1. The molecule has 1 heterocycles. The van der Waals surface area contributed by atoms with Crippen LogP contribution in [0.25, 0.3) is 22.3 Å². The fourth-order valence-corrected chi connectivity index (χ4v) is 2.83. The molecule has 0 bridgehead atoms. The second kappa shape index (κ2) is 5.63. The standard InChI is InChI=1S/C17H14Cl2N2/c1-10(2)11-6-8-12(9-7-11)17-20-14-5-3-4-13(18)15(14)16(19)21-17/h3-10H,1-2H3. The highest BCUT2D eigenvalue weighted by molar-refractivity contribution is 6.41. The topological polar surface area (TPSA) is 25.8 Å². The molecule has 0 spiro atoms. The van der Waals surface area contributed by atoms with Crippen LogP contribution in [0.3, 0.4) is 0 Å². The molecule has 0 aliphatic heterocycles. The Morgan fingerprint density at radius 1 is 0.905 bits per heavy atom. The monoisotopic (exact) mass is 316 g/mol. The van der Waals surface area contributed by atoms with Crippen LogP contribution in [0.15, 0.2) is 42.5 Å². The minimum atomic E-state index is 0.383. The van der Waals surface area contributed by atoms with E-state index >= 15 is 0 Å². The van der Waals surface area contributed by atoms with Crippen LogP contribution >= 0.6 is 23.2 Å². The van der Waals surface area contributed by atoms with Crippen molar-refractivity contribution >= 4 is 34.1 Å². The van der Waals surface area contributed by atoms with Crippen LogP contribution in [0.4, 0.5) is 0 Å². The number of aromatic nitrogens is 2. The fourth-order valence-electron chi connectivity index (χ4n) is 2.24. The molecule has 106 valence electrons. The lowest BCUT2D eigenvalue weighted by Gasteiger charge is -2.08. The predicted octanol–water partition coefficient (Wildman–Crippen LogP) is 5.73. The summed E-state index contributed by atoms with van der Waals surface area (Å²) in [6.45, 7) is 4.33. The van der Waals surface area contributed by atoms with Crippen LogP contribution in [-0.4, -0.2) is 9.97 Å². The van der Waals surface area contributed by atoms with E-state index in [1.165, 1.54) is 5.56 Å². The van der Waals surface area contributed by atoms with E-state index in [4.69, 9.17) is 23.2 Å². The van der Waals surface area contributed by atoms with Gasteiger partial charge in [-0.25, -0.2) is 9.97 Å². The van der Waals surface area contributed by atoms with Gasteiger partial charge in [0.1, 0.15) is 5.15 Å². The van der Waals surface area contributed by atoms with Crippen LogP contribution < -0.4 is 0 Å². The molecule has 0 radical (unpaired) electrons. The third kappa shape index (κ3) is 2.74. The largest absolute Gasteiger partial charge is 0.228 e. The maximum Gasteiger partial charge on any atom is 0.161 e. The molecule has 0 amide bonds. The molecule has 0 saturated heterocycles. The quantitative estimate of drug-likeness (QED) is 0.564. The van der Waals surface area contributed by atoms with Crippen LogP contribution in [0, 0.1) is 0 Å². The summed E-state index contributed by atoms with van der Waals surface area (Å²) >= 11 is 12.4. The summed E-state index contributed by atoms with van der Waals surface area (Å²) in [6, 6.07) is 13.8. The van der Waals surface area contributed by atoms with Crippen LogP contribution in [-0.2, 0) is 0 Å². The number of nitrogens with zero attached hydrogens (tertiary/aromatic N) is 2. The van der Waals surface area contributed by atoms with Gasteiger partial charge in [-0.3, -0.25) is 0 Å². The van der Waals surface area contributed by atoms with Crippen LogP contribution in [0.1, 0.15) is 25.3 Å². The van der Waals surface area contributed by atoms with Gasteiger partial charge in [-0.1, -0.05) is 67.4 Å². The number of halogens is 2. The predicted molar refractivity (Wildman–Crippen MR) is 89.1 cm³/mol. The maximum atomic E-state index is 6.26. The Morgan fingerprint density at radius 3 is 2.29 bits per heavy atom. The molecule has 0 aliphatic rings. The zero-order valence-corrected chi connectivity index (χ0v) is 13.3. The fraction of sp³-hybridized carbons (Fsp3) is 0.176. The van der Waals surface area contributed by atoms with Crippen molar-refractivity contribution in [3.05, 3.63) is 58.2 Å². The van der Waals surface area contributed by atoms with Crippen molar-refractivity contribution in [1.29, 1.82) is 0 Å². The molecule has 2 nitrogen and oxygen atoms in total. The first-order chi connectivity index (χ1) is 10.1. The van der Waals surface area contributed by atoms with Crippen LogP contribution in [0.2, 0.25) is 10.2 Å². The van der Waals surface area contributed by atoms with Crippen LogP contribution in [0.5, 0.6) is 0 Å². The molecule has 3 aromatic rings. The molecule has 0 N–H and O–H groups in total. The highest BCUT2D eigenvalue weighted by atomic mass is 35.5. The Hall–Kier alpha value is -1.64. The van der Waals surface area contributed by atoms with E-state index in [9.17, 15) is 0 Å². The Morgan fingerprint density at radius 2 is 1.62 bits per heavy atom. The van der Waals surface area contributed by atoms with Gasteiger partial charge < -0.3 is 0 Å². The molecule has 0 fully saturated rings. The third-order valence-corrected chi connectivity index (χ3v) is 4.05. The lowest BCUT2D eigenvalue weighted by atomic mass is 10.0. The van der Waals surface area contributed by atoms with Crippen molar-refractivity contribution in [3.63, 3.8) is 0 Å². The first kappa shape index (κ1) is 14.3. The average molecular weight is 317 g/mol. The lowest BCUT2D eigenvalue weighted by Crippen LogP contribution is -1.93. The second-order valence-electron chi connectivity index (χ2n) is 5.25. The first-order valence-electron chi connectivity index (χ1n) is 6.78. The van der Waals surface area contributed by atoms with Crippen molar-refractivity contribution in [3.8, 4) is 11.4 Å². The number of fused-ring (bicyclic) bond motifs is 1. The van der Waals surface area contributed by atoms with Crippen molar-refractivity contribution in [2.75, 3.05) is 0 Å². The summed E-state index contributed by atoms with van der Waals surface area (Å²) in [6.07, 6.45) is 0. The Kier molecular flexibility index (Phi) is 3.83. The highest BCUT2D eigenvalue weighted by Crippen LogP contribution is 2.30. The van der Waals surface area contributed by atoms with Crippen molar-refractivity contribution in [2.45, 2.75) is 19.8 Å². The van der Waals surface area contributed by atoms with Gasteiger partial charge in [0.05, 0.1) is 15.9 Å². The Bertz CT molecular complexity index is 796. The summed E-state index contributed by atoms with van der Waals surface area (Å²) in [4.78, 5) is 8.94. The third-order valence-electron chi connectivity index (χ3n) is 3.46. The molecular formula is C17H14Cl2N2. The van der Waals surface area contributed by atoms with Gasteiger partial charge in [-0.2, -0.15) is 0 Å². The molecule has 0 saturated carbocycles. The molecule has 3 rings (SSSR count). The molecule has 0 aliphatic carbocycles. The normalized spacial score (nSPS) is 11.3. The molecule has 2 aromatic carbocycles. The van der Waals surface area contributed by atoms with Gasteiger partial charge >= 0.3 is 0 Å². The van der Waals surface area contributed by atoms with Gasteiger partial charge in [-0.05, 0) is 23.6 Å². The van der Waals surface area contributed by atoms with Crippen molar-refractivity contribution in [1.82, 2.24) is 9.97 Å². The molecule has 0 unspecified atom stereocenters. The highest BCUT2D eigenvalue weighted by Gasteiger charge is 2.10. The van der Waals surface area contributed by atoms with Gasteiger partial charge in [0.2, 0.25) is 0 Å². The van der Waals surface area contributed by atoms with E-state index < -0.39 is 0 Å². The smallest absolute Gasteiger partial charge is 0.161 e. The van der Waals surface area contributed by atoms with E-state index in [0.717, 1.165) is 11.1 Å². The van der Waals surface area contributed by atoms with E-state index in [0.29, 0.717) is 27.3 Å². The van der Waals surface area contributed by atoms with E-state index in [-0.39, 0.29) is 0 Å². The minimum Gasteiger partial charge on any atom is -0.228 e. The van der Waals surface area contributed by atoms with E-state index in [1.807, 2.05) is 24.3 Å². The number of rotatable bonds is 2. The van der Waals surface area contributed by atoms with Gasteiger partial charge in [0, 0.05) is 5.56 Å². The van der Waals surface area contributed by atoms with Gasteiger partial charge in [0.25, 0.3) is 0 Å². The molecule has 0 atom stereocenters. The zero-order valence-electron chi connectivity index (χ0n) is 11.8. The lowest BCUT2D eigenvalue weighted by molar-refractivity contribution is 0.867. The minimum absolute atomic E-state index is 0.383. The average Bonchev–Trinajstić information content (AvgIpc) is 2.47. The molecular weight excluding hydrogens is 303 g/mol. The Labute approximate surface area is 133 Å². The van der Waals surface area contributed by atoms with Gasteiger partial charge in [-0.15, -0.1) is 0 Å². The molecule has 1 aromatic heterocycles. The van der Waals surface area contributed by atoms with E-state index in [2.05, 4.69) is 35.9 Å². The van der Waals surface area contributed by atoms with Crippen molar-refractivity contribution in [2.24, 2.45) is 0 Å². The summed E-state index contributed by atoms with van der Waals surface area (Å²) in [5.41, 5.74) is 2.99. The zero-order chi connectivity index (χ0) is 15.0. The Balaban J connectivity index is 2.13. The number of hydrogen-bond acceptors (Lipinski definition) is 2. The number of hydrogen-bond donors (Lipinski definition) is 0. The molecule has 21 heavy (non-hydrogen) atoms. The summed E-state index contributed by atoms with van der Waals surface area (Å²) in [5, 5.41) is 1.65. The van der Waals surface area contributed by atoms with Crippen molar-refractivity contribution < 1.29 is 0 Å². The maximum absolute atomic E-state index is 6.26. The summed E-state index contributed by atoms with van der Waals surface area (Å²) in [7, 11) is 0. The summed E-state index contributed by atoms with van der Waals surface area (Å²) in [5.74, 6) is 1.11. The van der Waals surface area contributed by atoms with E-state index in [1.54, 1.807) is 6.07 Å². The summed E-state index contributed by atoms with van der Waals surface area (Å²) < 4.78 is 0. The first-order valence-corrected chi connectivity index (χ1v) is 7.54. The molecule has 4 heteroatoms. The number of benzene rings is 2.